The van der Waals surface area contributed by atoms with Gasteiger partial charge >= 0.3 is 0 Å². The average Bonchev–Trinajstić information content (AvgIpc) is 2.35. The third-order valence-corrected chi connectivity index (χ3v) is 3.89. The summed E-state index contributed by atoms with van der Waals surface area (Å²) in [5.74, 6) is 0.758. The third-order valence-electron chi connectivity index (χ3n) is 3.89. The molecule has 106 valence electrons. The predicted molar refractivity (Wildman–Crippen MR) is 80.1 cm³/mol. The minimum absolute atomic E-state index is 0.602. The summed E-state index contributed by atoms with van der Waals surface area (Å²) >= 11 is 0. The molecule has 0 aromatic carbocycles. The van der Waals surface area contributed by atoms with Gasteiger partial charge in [-0.1, -0.05) is 19.9 Å². The number of nitrogens with one attached hydrogen (secondary N) is 1. The minimum Gasteiger partial charge on any atom is -0.311 e. The average molecular weight is 261 g/mol. The molecule has 0 bridgehead atoms. The molecule has 1 N–H and O–H groups in total. The second kappa shape index (κ2) is 6.49. The fourth-order valence-electron chi connectivity index (χ4n) is 2.77. The first-order valence-electron chi connectivity index (χ1n) is 7.43. The van der Waals surface area contributed by atoms with E-state index in [0.29, 0.717) is 12.1 Å². The van der Waals surface area contributed by atoms with Crippen LogP contribution >= 0.6 is 0 Å². The maximum Gasteiger partial charge on any atom is 0.0372 e. The molecule has 3 nitrogen and oxygen atoms in total. The SMILES string of the molecule is Cc1ccc(CN2CC(CC(C)C)NCC2C)cn1. The van der Waals surface area contributed by atoms with Gasteiger partial charge in [-0.3, -0.25) is 9.88 Å². The van der Waals surface area contributed by atoms with Gasteiger partial charge in [0.05, 0.1) is 0 Å². The highest BCUT2D eigenvalue weighted by atomic mass is 15.2. The molecule has 1 aliphatic heterocycles. The molecule has 0 amide bonds. The van der Waals surface area contributed by atoms with Crippen molar-refractivity contribution in [2.45, 2.75) is 52.7 Å². The molecule has 19 heavy (non-hydrogen) atoms. The van der Waals surface area contributed by atoms with E-state index in [-0.39, 0.29) is 0 Å². The van der Waals surface area contributed by atoms with Crippen molar-refractivity contribution < 1.29 is 0 Å². The van der Waals surface area contributed by atoms with Crippen molar-refractivity contribution in [3.8, 4) is 0 Å². The normalized spacial score (nSPS) is 24.9. The molecule has 2 heterocycles. The Hall–Kier alpha value is -0.930. The van der Waals surface area contributed by atoms with Crippen molar-refractivity contribution in [2.75, 3.05) is 13.1 Å². The Kier molecular flexibility index (Phi) is 4.94. The molecule has 0 saturated carbocycles. The molecular weight excluding hydrogens is 234 g/mol. The molecule has 2 unspecified atom stereocenters. The zero-order chi connectivity index (χ0) is 13.8. The smallest absolute Gasteiger partial charge is 0.0372 e. The Labute approximate surface area is 117 Å². The minimum atomic E-state index is 0.602. The summed E-state index contributed by atoms with van der Waals surface area (Å²) in [6.45, 7) is 12.2. The molecule has 0 spiro atoms. The van der Waals surface area contributed by atoms with Gasteiger partial charge in [0.2, 0.25) is 0 Å². The fraction of sp³-hybridized carbons (Fsp3) is 0.688. The standard InChI is InChI=1S/C16H27N3/c1-12(2)7-16-11-19(14(4)8-18-16)10-15-6-5-13(3)17-9-15/h5-6,9,12,14,16,18H,7-8,10-11H2,1-4H3. The number of nitrogens with zero attached hydrogens (tertiary/aromatic N) is 2. The number of hydrogen-bond donors (Lipinski definition) is 1. The molecule has 1 aliphatic rings. The predicted octanol–water partition coefficient (Wildman–Crippen LogP) is 2.60. The Morgan fingerprint density at radius 1 is 1.42 bits per heavy atom. The summed E-state index contributed by atoms with van der Waals surface area (Å²) in [5, 5.41) is 3.67. The van der Waals surface area contributed by atoms with Gasteiger partial charge in [0.25, 0.3) is 0 Å². The van der Waals surface area contributed by atoms with Crippen LogP contribution < -0.4 is 5.32 Å². The highest BCUT2D eigenvalue weighted by Crippen LogP contribution is 2.16. The molecule has 2 rings (SSSR count). The lowest BCUT2D eigenvalue weighted by atomic mass is 10.00. The molecule has 1 aromatic rings. The first kappa shape index (κ1) is 14.5. The van der Waals surface area contributed by atoms with Gasteiger partial charge in [-0.25, -0.2) is 0 Å². The second-order valence-electron chi connectivity index (χ2n) is 6.32. The van der Waals surface area contributed by atoms with E-state index < -0.39 is 0 Å². The summed E-state index contributed by atoms with van der Waals surface area (Å²) in [6, 6.07) is 5.54. The first-order chi connectivity index (χ1) is 9.04. The van der Waals surface area contributed by atoms with Gasteiger partial charge in [-0.05, 0) is 37.8 Å². The molecule has 1 fully saturated rings. The van der Waals surface area contributed by atoms with Gasteiger partial charge in [0, 0.05) is 43.6 Å². The van der Waals surface area contributed by atoms with Gasteiger partial charge in [-0.2, -0.15) is 0 Å². The lowest BCUT2D eigenvalue weighted by Crippen LogP contribution is -2.55. The Morgan fingerprint density at radius 2 is 2.21 bits per heavy atom. The first-order valence-corrected chi connectivity index (χ1v) is 7.43. The summed E-state index contributed by atoms with van der Waals surface area (Å²) < 4.78 is 0. The van der Waals surface area contributed by atoms with E-state index in [0.717, 1.165) is 31.2 Å². The number of piperazine rings is 1. The summed E-state index contributed by atoms with van der Waals surface area (Å²) in [7, 11) is 0. The van der Waals surface area contributed by atoms with Crippen molar-refractivity contribution in [2.24, 2.45) is 5.92 Å². The quantitative estimate of drug-likeness (QED) is 0.903. The number of pyridine rings is 1. The number of aryl methyl sites for hydroxylation is 1. The molecule has 0 radical (unpaired) electrons. The molecule has 1 saturated heterocycles. The second-order valence-corrected chi connectivity index (χ2v) is 6.32. The van der Waals surface area contributed by atoms with Gasteiger partial charge in [-0.15, -0.1) is 0 Å². The van der Waals surface area contributed by atoms with Crippen LogP contribution in [0.15, 0.2) is 18.3 Å². The summed E-state index contributed by atoms with van der Waals surface area (Å²) in [6.07, 6.45) is 3.27. The van der Waals surface area contributed by atoms with Crippen LogP contribution in [0.2, 0.25) is 0 Å². The van der Waals surface area contributed by atoms with Crippen LogP contribution in [0.1, 0.15) is 38.4 Å². The lowest BCUT2D eigenvalue weighted by molar-refractivity contribution is 0.124. The van der Waals surface area contributed by atoms with E-state index in [9.17, 15) is 0 Å². The molecule has 3 heteroatoms. The fourth-order valence-corrected chi connectivity index (χ4v) is 2.77. The van der Waals surface area contributed by atoms with E-state index in [1.165, 1.54) is 12.0 Å². The van der Waals surface area contributed by atoms with Crippen molar-refractivity contribution in [3.63, 3.8) is 0 Å². The van der Waals surface area contributed by atoms with Gasteiger partial charge in [0.1, 0.15) is 0 Å². The van der Waals surface area contributed by atoms with E-state index in [4.69, 9.17) is 0 Å². The maximum absolute atomic E-state index is 4.39. The van der Waals surface area contributed by atoms with Crippen molar-refractivity contribution in [1.29, 1.82) is 0 Å². The topological polar surface area (TPSA) is 28.2 Å². The highest BCUT2D eigenvalue weighted by Gasteiger charge is 2.25. The van der Waals surface area contributed by atoms with Crippen LogP contribution in [0.4, 0.5) is 0 Å². The third kappa shape index (κ3) is 4.29. The summed E-state index contributed by atoms with van der Waals surface area (Å²) in [4.78, 5) is 6.97. The van der Waals surface area contributed by atoms with Crippen LogP contribution in [0, 0.1) is 12.8 Å². The number of hydrogen-bond acceptors (Lipinski definition) is 3. The van der Waals surface area contributed by atoms with Crippen LogP contribution in [0.5, 0.6) is 0 Å². The largest absolute Gasteiger partial charge is 0.311 e. The molecular formula is C16H27N3. The molecule has 1 aromatic heterocycles. The van der Waals surface area contributed by atoms with Crippen LogP contribution in [-0.4, -0.2) is 35.1 Å². The number of aromatic nitrogens is 1. The Bertz CT molecular complexity index is 385. The van der Waals surface area contributed by atoms with Crippen molar-refractivity contribution in [3.05, 3.63) is 29.6 Å². The maximum atomic E-state index is 4.39. The summed E-state index contributed by atoms with van der Waals surface area (Å²) in [5.41, 5.74) is 2.41. The zero-order valence-electron chi connectivity index (χ0n) is 12.7. The lowest BCUT2D eigenvalue weighted by Gasteiger charge is -2.39. The van der Waals surface area contributed by atoms with Gasteiger partial charge in [0.15, 0.2) is 0 Å². The Morgan fingerprint density at radius 3 is 2.84 bits per heavy atom. The Balaban J connectivity index is 1.95. The van der Waals surface area contributed by atoms with Crippen LogP contribution in [-0.2, 0) is 6.54 Å². The highest BCUT2D eigenvalue weighted by molar-refractivity contribution is 5.13. The van der Waals surface area contributed by atoms with Crippen LogP contribution in [0.25, 0.3) is 0 Å². The van der Waals surface area contributed by atoms with E-state index in [1.807, 2.05) is 13.1 Å². The van der Waals surface area contributed by atoms with Crippen LogP contribution in [0.3, 0.4) is 0 Å². The van der Waals surface area contributed by atoms with E-state index in [1.54, 1.807) is 0 Å². The van der Waals surface area contributed by atoms with E-state index in [2.05, 4.69) is 48.1 Å². The van der Waals surface area contributed by atoms with Gasteiger partial charge < -0.3 is 5.32 Å². The van der Waals surface area contributed by atoms with Crippen molar-refractivity contribution >= 4 is 0 Å². The molecule has 0 aliphatic carbocycles. The monoisotopic (exact) mass is 261 g/mol. The van der Waals surface area contributed by atoms with E-state index >= 15 is 0 Å². The zero-order valence-corrected chi connectivity index (χ0v) is 12.7. The molecule has 2 atom stereocenters. The van der Waals surface area contributed by atoms with Crippen molar-refractivity contribution in [1.82, 2.24) is 15.2 Å². The number of rotatable bonds is 4.